The highest BCUT2D eigenvalue weighted by molar-refractivity contribution is 4.94. The van der Waals surface area contributed by atoms with E-state index in [2.05, 4.69) is 10.3 Å². The Hall–Kier alpha value is -0.900. The van der Waals surface area contributed by atoms with Crippen LogP contribution in [0.3, 0.4) is 0 Å². The first kappa shape index (κ1) is 8.20. The van der Waals surface area contributed by atoms with Gasteiger partial charge in [0.05, 0.1) is 11.9 Å². The maximum absolute atomic E-state index is 8.68. The van der Waals surface area contributed by atoms with Crippen molar-refractivity contribution in [1.82, 2.24) is 15.0 Å². The van der Waals surface area contributed by atoms with Gasteiger partial charge in [0, 0.05) is 19.1 Å². The van der Waals surface area contributed by atoms with Crippen molar-refractivity contribution in [2.45, 2.75) is 26.3 Å². The lowest BCUT2D eigenvalue weighted by Crippen LogP contribution is -2.08. The smallest absolute Gasteiger partial charge is 0.0726 e. The van der Waals surface area contributed by atoms with Crippen LogP contribution in [0.4, 0.5) is 0 Å². The summed E-state index contributed by atoms with van der Waals surface area (Å²) in [4.78, 5) is 0. The minimum absolute atomic E-state index is 0.153. The molecule has 4 nitrogen and oxygen atoms in total. The van der Waals surface area contributed by atoms with Crippen molar-refractivity contribution in [2.75, 3.05) is 6.61 Å². The van der Waals surface area contributed by atoms with Gasteiger partial charge in [-0.3, -0.25) is 0 Å². The molecule has 0 aliphatic rings. The van der Waals surface area contributed by atoms with Crippen LogP contribution in [0.25, 0.3) is 0 Å². The largest absolute Gasteiger partial charge is 0.396 e. The number of rotatable bonds is 3. The molecule has 1 rings (SSSR count). The predicted octanol–water partition coefficient (Wildman–Crippen LogP) is 0.394. The van der Waals surface area contributed by atoms with Gasteiger partial charge in [-0.05, 0) is 13.8 Å². The standard InChI is InChI=1S/C7H13N3O/c1-6(2)10-7(3-4-11)5-8-9-10/h5-6,11H,3-4H2,1-2H3. The minimum Gasteiger partial charge on any atom is -0.396 e. The minimum atomic E-state index is 0.153. The molecule has 0 amide bonds. The molecule has 4 heteroatoms. The molecule has 62 valence electrons. The van der Waals surface area contributed by atoms with Gasteiger partial charge < -0.3 is 5.11 Å². The fourth-order valence-corrected chi connectivity index (χ4v) is 0.993. The van der Waals surface area contributed by atoms with Crippen LogP contribution in [-0.2, 0) is 6.42 Å². The van der Waals surface area contributed by atoms with Gasteiger partial charge in [-0.1, -0.05) is 5.21 Å². The van der Waals surface area contributed by atoms with Crippen molar-refractivity contribution >= 4 is 0 Å². The van der Waals surface area contributed by atoms with Gasteiger partial charge in [-0.2, -0.15) is 0 Å². The molecule has 1 aromatic heterocycles. The Kier molecular flexibility index (Phi) is 2.59. The molecule has 1 heterocycles. The number of aliphatic hydroxyl groups is 1. The topological polar surface area (TPSA) is 50.9 Å². The van der Waals surface area contributed by atoms with E-state index in [0.29, 0.717) is 12.5 Å². The fourth-order valence-electron chi connectivity index (χ4n) is 0.993. The summed E-state index contributed by atoms with van der Waals surface area (Å²) < 4.78 is 1.82. The van der Waals surface area contributed by atoms with Crippen LogP contribution in [0.5, 0.6) is 0 Å². The van der Waals surface area contributed by atoms with Gasteiger partial charge in [0.15, 0.2) is 0 Å². The molecule has 0 unspecified atom stereocenters. The maximum atomic E-state index is 8.68. The molecule has 0 spiro atoms. The number of aliphatic hydroxyl groups excluding tert-OH is 1. The van der Waals surface area contributed by atoms with Crippen molar-refractivity contribution in [1.29, 1.82) is 0 Å². The Morgan fingerprint density at radius 3 is 2.91 bits per heavy atom. The number of aromatic nitrogens is 3. The van der Waals surface area contributed by atoms with Crippen molar-refractivity contribution in [2.24, 2.45) is 0 Å². The fraction of sp³-hybridized carbons (Fsp3) is 0.714. The Balaban J connectivity index is 2.78. The lowest BCUT2D eigenvalue weighted by molar-refractivity contribution is 0.294. The average Bonchev–Trinajstić information content (AvgIpc) is 2.36. The molecule has 0 aliphatic carbocycles. The van der Waals surface area contributed by atoms with Crippen molar-refractivity contribution < 1.29 is 5.11 Å². The first-order valence-corrected chi connectivity index (χ1v) is 3.75. The molecule has 0 bridgehead atoms. The predicted molar refractivity (Wildman–Crippen MR) is 41.2 cm³/mol. The molecule has 0 atom stereocenters. The van der Waals surface area contributed by atoms with Crippen LogP contribution in [0.1, 0.15) is 25.6 Å². The summed E-state index contributed by atoms with van der Waals surface area (Å²) >= 11 is 0. The van der Waals surface area contributed by atoms with Crippen LogP contribution < -0.4 is 0 Å². The number of hydrogen-bond acceptors (Lipinski definition) is 3. The Bertz CT molecular complexity index is 219. The molecule has 0 saturated carbocycles. The molecule has 0 aromatic carbocycles. The second-order valence-corrected chi connectivity index (χ2v) is 2.74. The van der Waals surface area contributed by atoms with Gasteiger partial charge in [0.25, 0.3) is 0 Å². The zero-order valence-electron chi connectivity index (χ0n) is 6.86. The van der Waals surface area contributed by atoms with Crippen molar-refractivity contribution in [3.05, 3.63) is 11.9 Å². The van der Waals surface area contributed by atoms with Gasteiger partial charge >= 0.3 is 0 Å². The third-order valence-corrected chi connectivity index (χ3v) is 1.51. The zero-order valence-corrected chi connectivity index (χ0v) is 6.86. The van der Waals surface area contributed by atoms with E-state index in [-0.39, 0.29) is 6.61 Å². The second-order valence-electron chi connectivity index (χ2n) is 2.74. The van der Waals surface area contributed by atoms with Crippen LogP contribution in [0.15, 0.2) is 6.20 Å². The molecule has 1 N–H and O–H groups in total. The van der Waals surface area contributed by atoms with Gasteiger partial charge in [-0.15, -0.1) is 5.10 Å². The highest BCUT2D eigenvalue weighted by Gasteiger charge is 2.04. The highest BCUT2D eigenvalue weighted by Crippen LogP contribution is 2.05. The summed E-state index contributed by atoms with van der Waals surface area (Å²) in [5.41, 5.74) is 0.988. The average molecular weight is 155 g/mol. The van der Waals surface area contributed by atoms with Crippen LogP contribution in [-0.4, -0.2) is 26.7 Å². The summed E-state index contributed by atoms with van der Waals surface area (Å²) in [5, 5.41) is 16.3. The third kappa shape index (κ3) is 1.77. The van der Waals surface area contributed by atoms with Crippen LogP contribution >= 0.6 is 0 Å². The first-order valence-electron chi connectivity index (χ1n) is 3.75. The lowest BCUT2D eigenvalue weighted by atomic mass is 10.3. The summed E-state index contributed by atoms with van der Waals surface area (Å²) in [6.45, 7) is 4.23. The summed E-state index contributed by atoms with van der Waals surface area (Å²) in [6.07, 6.45) is 2.32. The zero-order chi connectivity index (χ0) is 8.27. The van der Waals surface area contributed by atoms with Gasteiger partial charge in [0.1, 0.15) is 0 Å². The summed E-state index contributed by atoms with van der Waals surface area (Å²) in [5.74, 6) is 0. The molecular weight excluding hydrogens is 142 g/mol. The van der Waals surface area contributed by atoms with Gasteiger partial charge in [0.2, 0.25) is 0 Å². The molecule has 1 aromatic rings. The molecule has 0 aliphatic heterocycles. The Labute approximate surface area is 65.8 Å². The van der Waals surface area contributed by atoms with E-state index in [0.717, 1.165) is 5.69 Å². The van der Waals surface area contributed by atoms with Crippen LogP contribution in [0.2, 0.25) is 0 Å². The lowest BCUT2D eigenvalue weighted by Gasteiger charge is -2.07. The van der Waals surface area contributed by atoms with E-state index < -0.39 is 0 Å². The van der Waals surface area contributed by atoms with Crippen LogP contribution in [0, 0.1) is 0 Å². The second kappa shape index (κ2) is 3.48. The maximum Gasteiger partial charge on any atom is 0.0726 e. The highest BCUT2D eigenvalue weighted by atomic mass is 16.3. The number of nitrogens with zero attached hydrogens (tertiary/aromatic N) is 3. The SMILES string of the molecule is CC(C)n1nncc1CCO. The van der Waals surface area contributed by atoms with Gasteiger partial charge in [-0.25, -0.2) is 4.68 Å². The van der Waals surface area contributed by atoms with E-state index >= 15 is 0 Å². The van der Waals surface area contributed by atoms with E-state index in [4.69, 9.17) is 5.11 Å². The molecule has 11 heavy (non-hydrogen) atoms. The number of hydrogen-bond donors (Lipinski definition) is 1. The van der Waals surface area contributed by atoms with E-state index in [9.17, 15) is 0 Å². The molecular formula is C7H13N3O. The quantitative estimate of drug-likeness (QED) is 0.687. The third-order valence-electron chi connectivity index (χ3n) is 1.51. The Morgan fingerprint density at radius 1 is 1.64 bits per heavy atom. The van der Waals surface area contributed by atoms with Crippen molar-refractivity contribution in [3.8, 4) is 0 Å². The molecule has 0 fully saturated rings. The summed E-state index contributed by atoms with van der Waals surface area (Å²) in [7, 11) is 0. The van der Waals surface area contributed by atoms with E-state index in [1.165, 1.54) is 0 Å². The summed E-state index contributed by atoms with van der Waals surface area (Å²) in [6, 6.07) is 0.319. The Morgan fingerprint density at radius 2 is 2.36 bits per heavy atom. The van der Waals surface area contributed by atoms with E-state index in [1.807, 2.05) is 18.5 Å². The molecule has 0 radical (unpaired) electrons. The van der Waals surface area contributed by atoms with E-state index in [1.54, 1.807) is 6.20 Å². The van der Waals surface area contributed by atoms with Crippen molar-refractivity contribution in [3.63, 3.8) is 0 Å². The first-order chi connectivity index (χ1) is 5.25. The monoisotopic (exact) mass is 155 g/mol. The molecule has 0 saturated heterocycles. The normalized spacial score (nSPS) is 10.9.